The van der Waals surface area contributed by atoms with Gasteiger partial charge >= 0.3 is 10.4 Å². The SMILES string of the molecule is C.C.C[C@H](O)C(=O)[C@@]1(C)CCC2C3CCC4=CC(=O)CCC4=C3CC[C@@]21C.C[C@H](OS(=O)(=O)O)C(=O)[C@@]1(C)CCC2C3CCC4=CC(=O)CCC4=C3CC[C@@]21C.c1cc[nH+]cc1. The van der Waals surface area contributed by atoms with E-state index >= 15 is 0 Å². The summed E-state index contributed by atoms with van der Waals surface area (Å²) < 4.78 is 35.9. The van der Waals surface area contributed by atoms with Crippen molar-refractivity contribution in [2.75, 3.05) is 0 Å². The van der Waals surface area contributed by atoms with Gasteiger partial charge in [-0.25, -0.2) is 9.17 Å². The Kier molecular flexibility index (Phi) is 14.9. The Hall–Kier alpha value is -3.38. The van der Waals surface area contributed by atoms with Gasteiger partial charge in [0, 0.05) is 35.8 Å². The van der Waals surface area contributed by atoms with Gasteiger partial charge in [-0.15, -0.1) is 0 Å². The normalized spacial score (nSPS) is 35.4. The van der Waals surface area contributed by atoms with Crippen LogP contribution in [0.25, 0.3) is 0 Å². The Morgan fingerprint density at radius 1 is 0.661 bits per heavy atom. The number of carbonyl (C=O) groups is 4. The summed E-state index contributed by atoms with van der Waals surface area (Å²) in [7, 11) is -4.67. The van der Waals surface area contributed by atoms with Crippen molar-refractivity contribution in [1.29, 1.82) is 0 Å². The molecule has 9 rings (SSSR count). The molecule has 0 aromatic carbocycles. The molecule has 4 fully saturated rings. The van der Waals surface area contributed by atoms with Crippen molar-refractivity contribution in [3.63, 3.8) is 0 Å². The number of aliphatic hydroxyl groups excluding tert-OH is 1. The van der Waals surface area contributed by atoms with Crippen LogP contribution >= 0.6 is 0 Å². The van der Waals surface area contributed by atoms with Crippen LogP contribution in [-0.4, -0.2) is 53.4 Å². The number of aromatic nitrogens is 1. The third-order valence-electron chi connectivity index (χ3n) is 17.4. The first kappa shape index (κ1) is 49.6. The van der Waals surface area contributed by atoms with Gasteiger partial charge in [-0.2, -0.15) is 8.42 Å². The second kappa shape index (κ2) is 18.6. The standard InChI is InChI=1S/C22H30O6S.C22H30O3.C5H5N.2CH4/c1-13(28-29(25,26)27)20(24)22(3)11-9-19-18-6-4-14-12-15(23)5-7-16(14)17(18)8-10-21(19,22)2;1-13(23)20(25)22(3)11-9-19-18-6-4-14-12-15(24)5-7-16(14)17(18)8-10-21(19,22)2;1-2-4-6-5-3-1;;/h12-13,18-19H,4-11H2,1-3H3,(H,25,26,27);12-13,18-19,23H,4-11H2,1-3H3;1-5H;2*1H4/p+1/t2*13-,18?,19?,21-,22+;;;/m00.../s1. The van der Waals surface area contributed by atoms with Gasteiger partial charge in [0.05, 0.1) is 0 Å². The molecular formula is C51H74NO9S+. The van der Waals surface area contributed by atoms with Crippen LogP contribution in [0.15, 0.2) is 76.2 Å². The predicted molar refractivity (Wildman–Crippen MR) is 241 cm³/mol. The molecule has 4 saturated carbocycles. The first-order valence-corrected chi connectivity index (χ1v) is 23.9. The summed E-state index contributed by atoms with van der Waals surface area (Å²) in [6, 6.07) is 5.86. The minimum Gasteiger partial charge on any atom is -0.386 e. The maximum atomic E-state index is 13.3. The molecule has 1 aromatic rings. The van der Waals surface area contributed by atoms with Gasteiger partial charge in [-0.3, -0.25) is 23.7 Å². The predicted octanol–water partition coefficient (Wildman–Crippen LogP) is 9.90. The van der Waals surface area contributed by atoms with Crippen molar-refractivity contribution < 1.29 is 46.4 Å². The van der Waals surface area contributed by atoms with Crippen LogP contribution in [0.5, 0.6) is 0 Å². The number of hydrogen-bond donors (Lipinski definition) is 2. The fourth-order valence-corrected chi connectivity index (χ4v) is 14.3. The summed E-state index contributed by atoms with van der Waals surface area (Å²) in [5.41, 5.74) is 7.16. The van der Waals surface area contributed by atoms with Crippen molar-refractivity contribution in [2.24, 2.45) is 45.3 Å². The molecule has 10 atom stereocenters. The lowest BCUT2D eigenvalue weighted by Crippen LogP contribution is -2.50. The van der Waals surface area contributed by atoms with E-state index in [-0.39, 0.29) is 48.8 Å². The largest absolute Gasteiger partial charge is 0.398 e. The smallest absolute Gasteiger partial charge is 0.386 e. The molecule has 8 aliphatic rings. The first-order chi connectivity index (χ1) is 28.2. The Labute approximate surface area is 371 Å². The molecular weight excluding hydrogens is 803 g/mol. The van der Waals surface area contributed by atoms with Crippen molar-refractivity contribution in [1.82, 2.24) is 0 Å². The summed E-state index contributed by atoms with van der Waals surface area (Å²) >= 11 is 0. The third-order valence-corrected chi connectivity index (χ3v) is 17.9. The van der Waals surface area contributed by atoms with E-state index in [9.17, 15) is 32.7 Å². The quantitative estimate of drug-likeness (QED) is 0.265. The highest BCUT2D eigenvalue weighted by Gasteiger charge is 2.64. The fourth-order valence-electron chi connectivity index (χ4n) is 13.9. The van der Waals surface area contributed by atoms with E-state index in [1.165, 1.54) is 34.8 Å². The van der Waals surface area contributed by atoms with E-state index in [0.717, 1.165) is 83.5 Å². The average Bonchev–Trinajstić information content (AvgIpc) is 3.66. The summed E-state index contributed by atoms with van der Waals surface area (Å²) in [4.78, 5) is 52.6. The van der Waals surface area contributed by atoms with Crippen molar-refractivity contribution in [3.8, 4) is 0 Å². The molecule has 342 valence electrons. The molecule has 10 nitrogen and oxygen atoms in total. The maximum absolute atomic E-state index is 13.3. The zero-order chi connectivity index (χ0) is 43.4. The average molecular weight is 877 g/mol. The molecule has 4 unspecified atom stereocenters. The number of aliphatic hydroxyl groups is 1. The van der Waals surface area contributed by atoms with Gasteiger partial charge in [-0.05, 0) is 173 Å². The van der Waals surface area contributed by atoms with Gasteiger partial charge in [0.25, 0.3) is 0 Å². The number of fused-ring (bicyclic) bond motifs is 8. The van der Waals surface area contributed by atoms with Crippen LogP contribution in [0.1, 0.15) is 159 Å². The number of carbonyl (C=O) groups excluding carboxylic acids is 4. The Morgan fingerprint density at radius 2 is 1.10 bits per heavy atom. The van der Waals surface area contributed by atoms with Gasteiger partial charge in [0.1, 0.15) is 12.2 Å². The molecule has 62 heavy (non-hydrogen) atoms. The lowest BCUT2D eigenvalue weighted by atomic mass is 9.51. The minimum absolute atomic E-state index is 0. The van der Waals surface area contributed by atoms with Crippen LogP contribution in [-0.2, 0) is 33.8 Å². The minimum atomic E-state index is -4.67. The van der Waals surface area contributed by atoms with E-state index < -0.39 is 33.4 Å². The lowest BCUT2D eigenvalue weighted by Gasteiger charge is -2.52. The van der Waals surface area contributed by atoms with Gasteiger partial charge in [-0.1, -0.05) is 59.8 Å². The summed E-state index contributed by atoms with van der Waals surface area (Å²) in [6.45, 7) is 11.6. The molecule has 11 heteroatoms. The zero-order valence-corrected chi connectivity index (χ0v) is 37.3. The van der Waals surface area contributed by atoms with Crippen molar-refractivity contribution in [2.45, 2.75) is 171 Å². The number of allylic oxidation sites excluding steroid dienone is 8. The number of pyridine rings is 1. The summed E-state index contributed by atoms with van der Waals surface area (Å²) in [5, 5.41) is 9.96. The second-order valence-electron chi connectivity index (χ2n) is 20.0. The van der Waals surface area contributed by atoms with E-state index in [2.05, 4.69) is 29.9 Å². The number of rotatable bonds is 6. The summed E-state index contributed by atoms with van der Waals surface area (Å²) in [6.07, 6.45) is 20.0. The molecule has 3 N–H and O–H groups in total. The number of nitrogens with one attached hydrogen (secondary N) is 1. The highest BCUT2D eigenvalue weighted by molar-refractivity contribution is 7.80. The third kappa shape index (κ3) is 8.73. The molecule has 0 amide bonds. The fraction of sp³-hybridized carbons (Fsp3) is 0.667. The van der Waals surface area contributed by atoms with E-state index in [4.69, 9.17) is 4.55 Å². The van der Waals surface area contributed by atoms with Crippen LogP contribution in [0.2, 0.25) is 0 Å². The number of hydrogen-bond acceptors (Lipinski definition) is 8. The van der Waals surface area contributed by atoms with Crippen LogP contribution in [0, 0.1) is 45.3 Å². The number of Topliss-reactive ketones (excluding diaryl/α,β-unsaturated/α-hetero) is 2. The number of aromatic amines is 1. The summed E-state index contributed by atoms with van der Waals surface area (Å²) in [5.74, 6) is 2.22. The molecule has 8 aliphatic carbocycles. The van der Waals surface area contributed by atoms with Gasteiger partial charge in [0.15, 0.2) is 35.5 Å². The molecule has 0 radical (unpaired) electrons. The van der Waals surface area contributed by atoms with E-state index in [1.54, 1.807) is 12.5 Å². The Bertz CT molecular complexity index is 2130. The highest BCUT2D eigenvalue weighted by Crippen LogP contribution is 2.68. The molecule has 0 bridgehead atoms. The van der Waals surface area contributed by atoms with Crippen LogP contribution < -0.4 is 4.98 Å². The van der Waals surface area contributed by atoms with E-state index in [0.29, 0.717) is 42.9 Å². The molecule has 0 spiro atoms. The highest BCUT2D eigenvalue weighted by atomic mass is 32.3. The zero-order valence-electron chi connectivity index (χ0n) is 36.5. The molecule has 0 aliphatic heterocycles. The van der Waals surface area contributed by atoms with Crippen LogP contribution in [0.4, 0.5) is 0 Å². The van der Waals surface area contributed by atoms with Crippen molar-refractivity contribution >= 4 is 33.5 Å². The molecule has 0 saturated heterocycles. The first-order valence-electron chi connectivity index (χ1n) is 22.5. The second-order valence-corrected chi connectivity index (χ2v) is 21.1. The maximum Gasteiger partial charge on any atom is 0.398 e. The van der Waals surface area contributed by atoms with E-state index in [1.807, 2.05) is 49.7 Å². The number of ketones is 4. The topological polar surface area (TPSA) is 166 Å². The Balaban J connectivity index is 0.000000202. The molecule has 1 aromatic heterocycles. The molecule has 1 heterocycles. The van der Waals surface area contributed by atoms with Gasteiger partial charge < -0.3 is 5.11 Å². The lowest BCUT2D eigenvalue weighted by molar-refractivity contribution is -0.378. The monoisotopic (exact) mass is 877 g/mol. The number of H-pyrrole nitrogens is 1. The van der Waals surface area contributed by atoms with Crippen LogP contribution in [0.3, 0.4) is 0 Å². The van der Waals surface area contributed by atoms with Crippen molar-refractivity contribution in [3.05, 3.63) is 76.2 Å². The Morgan fingerprint density at radius 3 is 1.47 bits per heavy atom. The van der Waals surface area contributed by atoms with Gasteiger partial charge in [0.2, 0.25) is 0 Å².